The number of alkyl halides is 5. The number of halogens is 5. The lowest BCUT2D eigenvalue weighted by atomic mass is 10.3. The van der Waals surface area contributed by atoms with E-state index in [9.17, 15) is 22.0 Å². The Balaban J connectivity index is 4.46. The zero-order valence-electron chi connectivity index (χ0n) is 6.21. The van der Waals surface area contributed by atoms with Crippen molar-refractivity contribution in [1.29, 1.82) is 0 Å². The highest BCUT2D eigenvalue weighted by atomic mass is 19.4. The van der Waals surface area contributed by atoms with E-state index in [1.165, 1.54) is 0 Å². The Labute approximate surface area is 65.8 Å². The van der Waals surface area contributed by atoms with Crippen molar-refractivity contribution >= 4 is 0 Å². The van der Waals surface area contributed by atoms with E-state index < -0.39 is 24.5 Å². The number of ether oxygens (including phenoxy) is 1. The smallest absolute Gasteiger partial charge is 0.317 e. The molecular formula is C6H7F5O. The minimum atomic E-state index is -5.13. The van der Waals surface area contributed by atoms with Crippen molar-refractivity contribution in [2.24, 2.45) is 0 Å². The summed E-state index contributed by atoms with van der Waals surface area (Å²) in [6.45, 7) is 2.87. The summed E-state index contributed by atoms with van der Waals surface area (Å²) in [5.41, 5.74) is -2.18. The van der Waals surface area contributed by atoms with Crippen LogP contribution >= 0.6 is 0 Å². The second-order valence-electron chi connectivity index (χ2n) is 1.93. The summed E-state index contributed by atoms with van der Waals surface area (Å²) in [5.74, 6) is 0. The van der Waals surface area contributed by atoms with Crippen LogP contribution in [0.25, 0.3) is 0 Å². The molecule has 12 heavy (non-hydrogen) atoms. The lowest BCUT2D eigenvalue weighted by molar-refractivity contribution is -0.240. The van der Waals surface area contributed by atoms with Crippen LogP contribution in [0.15, 0.2) is 12.2 Å². The molecule has 0 atom stereocenters. The van der Waals surface area contributed by atoms with Crippen molar-refractivity contribution in [2.75, 3.05) is 6.61 Å². The molecule has 6 heteroatoms. The Hall–Kier alpha value is -0.650. The van der Waals surface area contributed by atoms with Crippen molar-refractivity contribution in [2.45, 2.75) is 19.2 Å². The molecule has 0 rings (SSSR count). The highest BCUT2D eigenvalue weighted by Gasteiger charge is 2.49. The van der Waals surface area contributed by atoms with Gasteiger partial charge in [0.15, 0.2) is 0 Å². The minimum Gasteiger partial charge on any atom is -0.317 e. The molecule has 0 aliphatic carbocycles. The van der Waals surface area contributed by atoms with Gasteiger partial charge in [0, 0.05) is 0 Å². The van der Waals surface area contributed by atoms with Crippen LogP contribution in [-0.4, -0.2) is 18.9 Å². The van der Waals surface area contributed by atoms with E-state index in [1.807, 2.05) is 0 Å². The number of rotatable bonds is 3. The van der Waals surface area contributed by atoms with Crippen LogP contribution in [0.3, 0.4) is 0 Å². The first-order chi connectivity index (χ1) is 5.22. The summed E-state index contributed by atoms with van der Waals surface area (Å²) < 4.78 is 62.9. The normalized spacial score (nSPS) is 13.2. The lowest BCUT2D eigenvalue weighted by Gasteiger charge is -2.19. The van der Waals surface area contributed by atoms with E-state index in [4.69, 9.17) is 0 Å². The van der Waals surface area contributed by atoms with Crippen LogP contribution in [0.2, 0.25) is 0 Å². The first-order valence-electron chi connectivity index (χ1n) is 3.00. The molecule has 0 heterocycles. The van der Waals surface area contributed by atoms with Crippen molar-refractivity contribution < 1.29 is 26.7 Å². The van der Waals surface area contributed by atoms with Gasteiger partial charge in [-0.1, -0.05) is 6.58 Å². The predicted molar refractivity (Wildman–Crippen MR) is 31.8 cm³/mol. The summed E-state index contributed by atoms with van der Waals surface area (Å²) in [7, 11) is 0. The largest absolute Gasteiger partial charge is 0.420 e. The van der Waals surface area contributed by atoms with E-state index in [-0.39, 0.29) is 0 Å². The molecule has 0 saturated carbocycles. The van der Waals surface area contributed by atoms with Gasteiger partial charge in [0.25, 0.3) is 0 Å². The van der Waals surface area contributed by atoms with Crippen LogP contribution < -0.4 is 0 Å². The summed E-state index contributed by atoms with van der Waals surface area (Å²) in [6.07, 6.45) is -9.45. The highest BCUT2D eigenvalue weighted by Crippen LogP contribution is 2.36. The van der Waals surface area contributed by atoms with Crippen LogP contribution in [0.1, 0.15) is 6.92 Å². The van der Waals surface area contributed by atoms with Crippen LogP contribution in [0, 0.1) is 0 Å². The standard InChI is InChI=1S/C6H7F5O/c1-3-12-6(10,11)4(2)5(7,8)9/h2-3H2,1H3. The van der Waals surface area contributed by atoms with Crippen LogP contribution in [0.5, 0.6) is 0 Å². The lowest BCUT2D eigenvalue weighted by Crippen LogP contribution is -2.31. The van der Waals surface area contributed by atoms with E-state index in [0.717, 1.165) is 6.92 Å². The molecule has 0 spiro atoms. The van der Waals surface area contributed by atoms with Gasteiger partial charge in [-0.2, -0.15) is 22.0 Å². The Morgan fingerprint density at radius 2 is 1.67 bits per heavy atom. The first-order valence-corrected chi connectivity index (χ1v) is 3.00. The maximum atomic E-state index is 12.3. The van der Waals surface area contributed by atoms with Gasteiger partial charge < -0.3 is 4.74 Å². The van der Waals surface area contributed by atoms with Gasteiger partial charge >= 0.3 is 12.3 Å². The fourth-order valence-corrected chi connectivity index (χ4v) is 0.433. The quantitative estimate of drug-likeness (QED) is 0.491. The molecular weight excluding hydrogens is 183 g/mol. The molecule has 1 nitrogen and oxygen atoms in total. The summed E-state index contributed by atoms with van der Waals surface area (Å²) in [5, 5.41) is 0. The summed E-state index contributed by atoms with van der Waals surface area (Å²) in [4.78, 5) is 0. The number of hydrogen-bond acceptors (Lipinski definition) is 1. The average Bonchev–Trinajstić information content (AvgIpc) is 1.84. The SMILES string of the molecule is C=C(C(F)(F)F)C(F)(F)OCC. The van der Waals surface area contributed by atoms with Crippen molar-refractivity contribution in [3.05, 3.63) is 12.2 Å². The van der Waals surface area contributed by atoms with Gasteiger partial charge in [0.05, 0.1) is 6.61 Å². The molecule has 0 aliphatic rings. The zero-order chi connectivity index (χ0) is 9.99. The molecule has 0 radical (unpaired) electrons. The monoisotopic (exact) mass is 190 g/mol. The predicted octanol–water partition coefficient (Wildman–Crippen LogP) is 2.73. The highest BCUT2D eigenvalue weighted by molar-refractivity contribution is 5.09. The van der Waals surface area contributed by atoms with Crippen LogP contribution in [-0.2, 0) is 4.74 Å². The summed E-state index contributed by atoms with van der Waals surface area (Å²) >= 11 is 0. The Morgan fingerprint density at radius 3 is 1.92 bits per heavy atom. The fraction of sp³-hybridized carbons (Fsp3) is 0.667. The molecule has 0 saturated heterocycles. The second kappa shape index (κ2) is 3.38. The Bertz CT molecular complexity index is 171. The molecule has 72 valence electrons. The van der Waals surface area contributed by atoms with Gasteiger partial charge in [-0.25, -0.2) is 0 Å². The van der Waals surface area contributed by atoms with E-state index in [0.29, 0.717) is 0 Å². The maximum Gasteiger partial charge on any atom is 0.420 e. The van der Waals surface area contributed by atoms with E-state index >= 15 is 0 Å². The first kappa shape index (κ1) is 11.4. The van der Waals surface area contributed by atoms with E-state index in [1.54, 1.807) is 0 Å². The Morgan fingerprint density at radius 1 is 1.25 bits per heavy atom. The van der Waals surface area contributed by atoms with Crippen LogP contribution in [0.4, 0.5) is 22.0 Å². The summed E-state index contributed by atoms with van der Waals surface area (Å²) in [6, 6.07) is 0. The topological polar surface area (TPSA) is 9.23 Å². The van der Waals surface area contributed by atoms with Gasteiger partial charge in [-0.05, 0) is 6.92 Å². The van der Waals surface area contributed by atoms with Gasteiger partial charge in [-0.15, -0.1) is 0 Å². The van der Waals surface area contributed by atoms with Gasteiger partial charge in [0.1, 0.15) is 5.57 Å². The van der Waals surface area contributed by atoms with E-state index in [2.05, 4.69) is 11.3 Å². The molecule has 0 fully saturated rings. The number of hydrogen-bond donors (Lipinski definition) is 0. The molecule has 0 aromatic rings. The molecule has 0 aromatic heterocycles. The molecule has 0 N–H and O–H groups in total. The molecule has 0 amide bonds. The fourth-order valence-electron chi connectivity index (χ4n) is 0.433. The average molecular weight is 190 g/mol. The third-order valence-electron chi connectivity index (χ3n) is 1.02. The molecule has 0 unspecified atom stereocenters. The maximum absolute atomic E-state index is 12.3. The second-order valence-corrected chi connectivity index (χ2v) is 1.93. The molecule has 0 aromatic carbocycles. The zero-order valence-corrected chi connectivity index (χ0v) is 6.21. The van der Waals surface area contributed by atoms with Gasteiger partial charge in [-0.3, -0.25) is 0 Å². The molecule has 0 aliphatic heterocycles. The third-order valence-corrected chi connectivity index (χ3v) is 1.02. The van der Waals surface area contributed by atoms with Crippen molar-refractivity contribution in [3.63, 3.8) is 0 Å². The van der Waals surface area contributed by atoms with Gasteiger partial charge in [0.2, 0.25) is 0 Å². The third kappa shape index (κ3) is 2.77. The Kier molecular flexibility index (Phi) is 3.20. The van der Waals surface area contributed by atoms with Crippen molar-refractivity contribution in [1.82, 2.24) is 0 Å². The van der Waals surface area contributed by atoms with Crippen molar-refractivity contribution in [3.8, 4) is 0 Å². The molecule has 0 bridgehead atoms. The minimum absolute atomic E-state index is 0.512.